The number of nitrogens with zero attached hydrogens (tertiary/aromatic N) is 4. The standard InChI is InChI=1S/C14H22BrN5/c1-5-11-14(15)13(19(4)18-11)8-10(16)12-7-9(3)17-20(12)6-2/h7,10H,5-6,8,16H2,1-4H3. The number of hydrogen-bond donors (Lipinski definition) is 1. The lowest BCUT2D eigenvalue weighted by molar-refractivity contribution is 0.552. The van der Waals surface area contributed by atoms with E-state index < -0.39 is 0 Å². The average Bonchev–Trinajstić information content (AvgIpc) is 2.93. The predicted octanol–water partition coefficient (Wildman–Crippen LogP) is 2.51. The van der Waals surface area contributed by atoms with Crippen LogP contribution in [0.5, 0.6) is 0 Å². The maximum Gasteiger partial charge on any atom is 0.0766 e. The summed E-state index contributed by atoms with van der Waals surface area (Å²) in [6.07, 6.45) is 1.66. The zero-order chi connectivity index (χ0) is 14.9. The lowest BCUT2D eigenvalue weighted by Gasteiger charge is -2.13. The van der Waals surface area contributed by atoms with Crippen molar-refractivity contribution in [2.75, 3.05) is 0 Å². The van der Waals surface area contributed by atoms with Crippen LogP contribution < -0.4 is 5.73 Å². The van der Waals surface area contributed by atoms with Crippen molar-refractivity contribution in [1.82, 2.24) is 19.6 Å². The minimum absolute atomic E-state index is 0.0763. The molecule has 1 unspecified atom stereocenters. The normalized spacial score (nSPS) is 12.9. The highest BCUT2D eigenvalue weighted by Gasteiger charge is 2.19. The molecule has 6 heteroatoms. The summed E-state index contributed by atoms with van der Waals surface area (Å²) in [5.74, 6) is 0. The zero-order valence-electron chi connectivity index (χ0n) is 12.5. The molecule has 2 heterocycles. The second-order valence-corrected chi connectivity index (χ2v) is 5.81. The Morgan fingerprint density at radius 2 is 2.05 bits per heavy atom. The van der Waals surface area contributed by atoms with E-state index in [-0.39, 0.29) is 6.04 Å². The van der Waals surface area contributed by atoms with Crippen molar-refractivity contribution in [2.45, 2.75) is 46.2 Å². The maximum atomic E-state index is 6.38. The Hall–Kier alpha value is -1.14. The Balaban J connectivity index is 2.27. The maximum absolute atomic E-state index is 6.38. The molecule has 0 amide bonds. The summed E-state index contributed by atoms with van der Waals surface area (Å²) in [7, 11) is 1.97. The molecule has 2 aromatic heterocycles. The third-order valence-electron chi connectivity index (χ3n) is 3.53. The highest BCUT2D eigenvalue weighted by molar-refractivity contribution is 9.10. The van der Waals surface area contributed by atoms with Gasteiger partial charge in [-0.1, -0.05) is 6.92 Å². The van der Waals surface area contributed by atoms with Crippen LogP contribution in [-0.4, -0.2) is 19.6 Å². The summed E-state index contributed by atoms with van der Waals surface area (Å²) < 4.78 is 4.98. The molecule has 110 valence electrons. The van der Waals surface area contributed by atoms with E-state index in [1.165, 1.54) is 0 Å². The third kappa shape index (κ3) is 2.81. The first-order chi connectivity index (χ1) is 9.47. The van der Waals surface area contributed by atoms with Gasteiger partial charge in [-0.15, -0.1) is 0 Å². The van der Waals surface area contributed by atoms with Gasteiger partial charge in [-0.2, -0.15) is 10.2 Å². The summed E-state index contributed by atoms with van der Waals surface area (Å²) >= 11 is 3.64. The molecule has 0 aliphatic carbocycles. The molecule has 0 aliphatic heterocycles. The lowest BCUT2D eigenvalue weighted by Crippen LogP contribution is -2.19. The molecule has 0 saturated heterocycles. The molecule has 2 N–H and O–H groups in total. The summed E-state index contributed by atoms with van der Waals surface area (Å²) in [6, 6.07) is 1.99. The van der Waals surface area contributed by atoms with E-state index in [1.54, 1.807) is 0 Å². The molecule has 2 aromatic rings. The summed E-state index contributed by atoms with van der Waals surface area (Å²) in [4.78, 5) is 0. The van der Waals surface area contributed by atoms with Crippen LogP contribution in [0.2, 0.25) is 0 Å². The van der Waals surface area contributed by atoms with Gasteiger partial charge in [0.05, 0.1) is 33.3 Å². The Kier molecular flexibility index (Phi) is 4.65. The SMILES string of the molecule is CCc1nn(C)c(CC(N)c2cc(C)nn2CC)c1Br. The predicted molar refractivity (Wildman–Crippen MR) is 83.6 cm³/mol. The number of aryl methyl sites for hydroxylation is 4. The highest BCUT2D eigenvalue weighted by Crippen LogP contribution is 2.26. The summed E-state index contributed by atoms with van der Waals surface area (Å²) in [5.41, 5.74) is 10.7. The second-order valence-electron chi connectivity index (χ2n) is 5.02. The van der Waals surface area contributed by atoms with Crippen molar-refractivity contribution >= 4 is 15.9 Å². The van der Waals surface area contributed by atoms with Crippen LogP contribution in [0.4, 0.5) is 0 Å². The average molecular weight is 340 g/mol. The highest BCUT2D eigenvalue weighted by atomic mass is 79.9. The van der Waals surface area contributed by atoms with Gasteiger partial charge in [0, 0.05) is 20.0 Å². The van der Waals surface area contributed by atoms with Gasteiger partial charge < -0.3 is 5.73 Å². The van der Waals surface area contributed by atoms with Gasteiger partial charge in [0.1, 0.15) is 0 Å². The van der Waals surface area contributed by atoms with Gasteiger partial charge in [-0.3, -0.25) is 9.36 Å². The number of nitrogens with two attached hydrogens (primary N) is 1. The second kappa shape index (κ2) is 6.10. The van der Waals surface area contributed by atoms with E-state index in [0.717, 1.165) is 46.6 Å². The molecule has 0 spiro atoms. The number of hydrogen-bond acceptors (Lipinski definition) is 3. The van der Waals surface area contributed by atoms with E-state index in [4.69, 9.17) is 5.73 Å². The third-order valence-corrected chi connectivity index (χ3v) is 4.44. The minimum atomic E-state index is -0.0763. The Morgan fingerprint density at radius 3 is 2.60 bits per heavy atom. The molecule has 0 saturated carbocycles. The van der Waals surface area contributed by atoms with Crippen LogP contribution in [0.3, 0.4) is 0 Å². The van der Waals surface area contributed by atoms with Crippen molar-refractivity contribution in [3.8, 4) is 0 Å². The smallest absolute Gasteiger partial charge is 0.0766 e. The van der Waals surface area contributed by atoms with E-state index in [0.29, 0.717) is 0 Å². The summed E-state index contributed by atoms with van der Waals surface area (Å²) in [5, 5.41) is 8.98. The summed E-state index contributed by atoms with van der Waals surface area (Å²) in [6.45, 7) is 7.02. The van der Waals surface area contributed by atoms with Gasteiger partial charge in [0.15, 0.2) is 0 Å². The lowest BCUT2D eigenvalue weighted by atomic mass is 10.1. The first-order valence-electron chi connectivity index (χ1n) is 6.98. The van der Waals surface area contributed by atoms with Crippen LogP contribution in [-0.2, 0) is 26.4 Å². The van der Waals surface area contributed by atoms with Gasteiger partial charge in [-0.25, -0.2) is 0 Å². The van der Waals surface area contributed by atoms with Crippen LogP contribution >= 0.6 is 15.9 Å². The molecule has 1 atom stereocenters. The first kappa shape index (κ1) is 15.3. The van der Waals surface area contributed by atoms with Gasteiger partial charge in [-0.05, 0) is 42.3 Å². The fourth-order valence-corrected chi connectivity index (χ4v) is 3.25. The molecular weight excluding hydrogens is 318 g/mol. The number of aromatic nitrogens is 4. The van der Waals surface area contributed by atoms with Crippen LogP contribution in [0.15, 0.2) is 10.5 Å². The number of rotatable bonds is 5. The van der Waals surface area contributed by atoms with Crippen molar-refractivity contribution in [2.24, 2.45) is 12.8 Å². The fourth-order valence-electron chi connectivity index (χ4n) is 2.47. The van der Waals surface area contributed by atoms with Crippen LogP contribution in [0, 0.1) is 6.92 Å². The van der Waals surface area contributed by atoms with Crippen molar-refractivity contribution < 1.29 is 0 Å². The molecule has 0 fully saturated rings. The first-order valence-corrected chi connectivity index (χ1v) is 7.77. The Morgan fingerprint density at radius 1 is 1.35 bits per heavy atom. The topological polar surface area (TPSA) is 61.7 Å². The number of halogens is 1. The largest absolute Gasteiger partial charge is 0.322 e. The van der Waals surface area contributed by atoms with E-state index >= 15 is 0 Å². The van der Waals surface area contributed by atoms with E-state index in [9.17, 15) is 0 Å². The Bertz CT molecular complexity index is 599. The molecule has 0 bridgehead atoms. The van der Waals surface area contributed by atoms with Gasteiger partial charge in [0.25, 0.3) is 0 Å². The van der Waals surface area contributed by atoms with Crippen molar-refractivity contribution in [1.29, 1.82) is 0 Å². The van der Waals surface area contributed by atoms with Crippen LogP contribution in [0.25, 0.3) is 0 Å². The molecule has 2 rings (SSSR count). The molecule has 5 nitrogen and oxygen atoms in total. The monoisotopic (exact) mass is 339 g/mol. The fraction of sp³-hybridized carbons (Fsp3) is 0.571. The molecule has 20 heavy (non-hydrogen) atoms. The van der Waals surface area contributed by atoms with Crippen molar-refractivity contribution in [3.63, 3.8) is 0 Å². The van der Waals surface area contributed by atoms with Gasteiger partial charge >= 0.3 is 0 Å². The molecule has 0 aromatic carbocycles. The molecule has 0 aliphatic rings. The molecule has 0 radical (unpaired) electrons. The minimum Gasteiger partial charge on any atom is -0.322 e. The molecular formula is C14H22BrN5. The van der Waals surface area contributed by atoms with Crippen LogP contribution in [0.1, 0.15) is 42.7 Å². The van der Waals surface area contributed by atoms with Crippen molar-refractivity contribution in [3.05, 3.63) is 33.3 Å². The van der Waals surface area contributed by atoms with E-state index in [2.05, 4.69) is 46.0 Å². The zero-order valence-corrected chi connectivity index (χ0v) is 14.1. The quantitative estimate of drug-likeness (QED) is 0.910. The van der Waals surface area contributed by atoms with E-state index in [1.807, 2.05) is 23.3 Å². The van der Waals surface area contributed by atoms with Gasteiger partial charge in [0.2, 0.25) is 0 Å². The Labute approximate surface area is 128 Å².